The summed E-state index contributed by atoms with van der Waals surface area (Å²) < 4.78 is 0. The van der Waals surface area contributed by atoms with Gasteiger partial charge in [-0.15, -0.1) is 0 Å². The van der Waals surface area contributed by atoms with Crippen LogP contribution in [0.15, 0.2) is 70.9 Å². The molecule has 0 spiro atoms. The Morgan fingerprint density at radius 1 is 1.13 bits per heavy atom. The molecule has 2 aliphatic rings. The fraction of sp³-hybridized carbons (Fsp3) is 0.531. The fourth-order valence-electron chi connectivity index (χ4n) is 5.01. The molecule has 1 aromatic rings. The number of amides is 2. The number of benzene rings is 1. The molecule has 1 heterocycles. The molecule has 2 unspecified atom stereocenters. The summed E-state index contributed by atoms with van der Waals surface area (Å²) in [5, 5.41) is 6.12. The average molecular weight is 519 g/mol. The number of nitrogens with zero attached hydrogens (tertiary/aromatic N) is 2. The van der Waals surface area contributed by atoms with E-state index in [-0.39, 0.29) is 17.9 Å². The van der Waals surface area contributed by atoms with Gasteiger partial charge in [0.25, 0.3) is 0 Å². The van der Waals surface area contributed by atoms with Crippen molar-refractivity contribution in [2.24, 2.45) is 10.9 Å². The minimum absolute atomic E-state index is 0.0219. The van der Waals surface area contributed by atoms with Gasteiger partial charge in [0.2, 0.25) is 11.8 Å². The first-order valence-corrected chi connectivity index (χ1v) is 14.3. The first-order chi connectivity index (χ1) is 18.4. The largest absolute Gasteiger partial charge is 0.351 e. The van der Waals surface area contributed by atoms with Gasteiger partial charge in [-0.2, -0.15) is 0 Å². The van der Waals surface area contributed by atoms with Crippen molar-refractivity contribution >= 4 is 17.5 Å². The van der Waals surface area contributed by atoms with Crippen molar-refractivity contribution in [3.8, 4) is 0 Å². The fourth-order valence-corrected chi connectivity index (χ4v) is 5.01. The minimum atomic E-state index is -0.182. The summed E-state index contributed by atoms with van der Waals surface area (Å²) in [6.07, 6.45) is 15.5. The topological polar surface area (TPSA) is 73.8 Å². The number of carbonyl (C=O) groups is 2. The molecule has 1 aliphatic heterocycles. The van der Waals surface area contributed by atoms with Crippen LogP contribution in [0.4, 0.5) is 0 Å². The highest BCUT2D eigenvalue weighted by Gasteiger charge is 2.16. The Morgan fingerprint density at radius 2 is 1.89 bits per heavy atom. The van der Waals surface area contributed by atoms with Crippen molar-refractivity contribution in [2.75, 3.05) is 26.2 Å². The summed E-state index contributed by atoms with van der Waals surface area (Å²) in [6, 6.07) is 9.89. The Bertz CT molecular complexity index is 1020. The van der Waals surface area contributed by atoms with Gasteiger partial charge in [0.15, 0.2) is 0 Å². The molecule has 1 saturated heterocycles. The van der Waals surface area contributed by atoms with Crippen molar-refractivity contribution in [1.82, 2.24) is 15.5 Å². The van der Waals surface area contributed by atoms with Gasteiger partial charge in [-0.3, -0.25) is 19.5 Å². The third-order valence-corrected chi connectivity index (χ3v) is 7.38. The van der Waals surface area contributed by atoms with Crippen LogP contribution < -0.4 is 10.6 Å². The number of allylic oxidation sites excluding steroid dienone is 3. The molecule has 0 bridgehead atoms. The molecule has 2 amide bonds. The lowest BCUT2D eigenvalue weighted by Crippen LogP contribution is -2.44. The number of piperidine rings is 1. The highest BCUT2D eigenvalue weighted by Crippen LogP contribution is 2.26. The van der Waals surface area contributed by atoms with E-state index >= 15 is 0 Å². The van der Waals surface area contributed by atoms with E-state index in [9.17, 15) is 9.59 Å². The Balaban J connectivity index is 1.49. The second-order valence-electron chi connectivity index (χ2n) is 10.7. The van der Waals surface area contributed by atoms with Crippen LogP contribution in [0.5, 0.6) is 0 Å². The van der Waals surface area contributed by atoms with Crippen LogP contribution in [0, 0.1) is 5.92 Å². The second-order valence-corrected chi connectivity index (χ2v) is 10.7. The van der Waals surface area contributed by atoms with Gasteiger partial charge in [0, 0.05) is 31.3 Å². The highest BCUT2D eigenvalue weighted by atomic mass is 16.2. The van der Waals surface area contributed by atoms with Crippen LogP contribution in [0.25, 0.3) is 0 Å². The smallest absolute Gasteiger partial charge is 0.243 e. The van der Waals surface area contributed by atoms with E-state index in [1.165, 1.54) is 24.8 Å². The summed E-state index contributed by atoms with van der Waals surface area (Å²) in [5.41, 5.74) is 4.43. The summed E-state index contributed by atoms with van der Waals surface area (Å²) in [7, 11) is 0. The third-order valence-electron chi connectivity index (χ3n) is 7.38. The van der Waals surface area contributed by atoms with Crippen molar-refractivity contribution in [3.05, 3.63) is 71.5 Å². The predicted molar refractivity (Wildman–Crippen MR) is 157 cm³/mol. The molecule has 0 saturated carbocycles. The first-order valence-electron chi connectivity index (χ1n) is 14.3. The van der Waals surface area contributed by atoms with Gasteiger partial charge >= 0.3 is 0 Å². The lowest BCUT2D eigenvalue weighted by molar-refractivity contribution is -0.122. The molecule has 6 nitrogen and oxygen atoms in total. The number of rotatable bonds is 13. The van der Waals surface area contributed by atoms with Crippen LogP contribution in [-0.4, -0.2) is 54.6 Å². The zero-order chi connectivity index (χ0) is 27.2. The zero-order valence-corrected chi connectivity index (χ0v) is 23.5. The van der Waals surface area contributed by atoms with Crippen LogP contribution in [0.3, 0.4) is 0 Å². The number of aliphatic imine (C=N–C) groups is 1. The molecule has 0 radical (unpaired) electrons. The van der Waals surface area contributed by atoms with E-state index in [4.69, 9.17) is 4.99 Å². The molecular formula is C32H46N4O2. The lowest BCUT2D eigenvalue weighted by atomic mass is 9.91. The molecule has 38 heavy (non-hydrogen) atoms. The first kappa shape index (κ1) is 29.6. The molecule has 2 atom stereocenters. The minimum Gasteiger partial charge on any atom is -0.351 e. The van der Waals surface area contributed by atoms with Gasteiger partial charge < -0.3 is 10.6 Å². The number of hydrogen-bond acceptors (Lipinski definition) is 4. The maximum atomic E-state index is 12.9. The molecule has 3 rings (SSSR count). The normalized spacial score (nSPS) is 19.6. The van der Waals surface area contributed by atoms with Gasteiger partial charge in [0.1, 0.15) is 0 Å². The van der Waals surface area contributed by atoms with Gasteiger partial charge in [-0.1, -0.05) is 55.8 Å². The van der Waals surface area contributed by atoms with Gasteiger partial charge in [-0.25, -0.2) is 0 Å². The number of nitrogens with one attached hydrogen (secondary N) is 2. The summed E-state index contributed by atoms with van der Waals surface area (Å²) in [4.78, 5) is 32.5. The lowest BCUT2D eigenvalue weighted by Gasteiger charge is -2.24. The molecule has 0 aromatic heterocycles. The molecule has 1 aromatic carbocycles. The van der Waals surface area contributed by atoms with E-state index in [2.05, 4.69) is 41.5 Å². The Morgan fingerprint density at radius 3 is 2.61 bits per heavy atom. The molecule has 6 heteroatoms. The standard InChI is InChI=1S/C32H46N4O2/c1-4-27-16-17-30(25(2)22-27)34-26(3)15-18-32(38)35-29(23-28-12-7-5-8-13-28)24-33-31(37)14-11-21-36-19-9-6-10-20-36/h5,7-8,11-14,16-17,27,29H,4,6,9-10,15,18-24H2,1-3H3,(H,33,37)(H,35,38)/b14-11+,34-26?. The highest BCUT2D eigenvalue weighted by molar-refractivity contribution is 5.88. The number of hydrogen-bond donors (Lipinski definition) is 2. The number of likely N-dealkylation sites (tertiary alicyclic amines) is 1. The van der Waals surface area contributed by atoms with Gasteiger partial charge in [-0.05, 0) is 88.6 Å². The van der Waals surface area contributed by atoms with Crippen LogP contribution in [0.2, 0.25) is 0 Å². The van der Waals surface area contributed by atoms with E-state index in [0.29, 0.717) is 31.7 Å². The molecule has 206 valence electrons. The Kier molecular flexibility index (Phi) is 12.5. The monoisotopic (exact) mass is 518 g/mol. The maximum Gasteiger partial charge on any atom is 0.243 e. The van der Waals surface area contributed by atoms with Crippen LogP contribution >= 0.6 is 0 Å². The van der Waals surface area contributed by atoms with Crippen molar-refractivity contribution < 1.29 is 9.59 Å². The molecular weight excluding hydrogens is 472 g/mol. The van der Waals surface area contributed by atoms with Crippen molar-refractivity contribution in [2.45, 2.75) is 78.2 Å². The second kappa shape index (κ2) is 16.1. The van der Waals surface area contributed by atoms with E-state index < -0.39 is 0 Å². The average Bonchev–Trinajstić information content (AvgIpc) is 2.93. The Hall–Kier alpha value is -2.99. The molecule has 1 fully saturated rings. The Labute approximate surface area is 229 Å². The van der Waals surface area contributed by atoms with Crippen LogP contribution in [-0.2, 0) is 16.0 Å². The zero-order valence-electron chi connectivity index (χ0n) is 23.5. The van der Waals surface area contributed by atoms with E-state index in [1.54, 1.807) is 6.08 Å². The summed E-state index contributed by atoms with van der Waals surface area (Å²) in [5.74, 6) is 0.463. The predicted octanol–water partition coefficient (Wildman–Crippen LogP) is 5.37. The van der Waals surface area contributed by atoms with E-state index in [1.807, 2.05) is 43.3 Å². The van der Waals surface area contributed by atoms with Crippen molar-refractivity contribution in [1.29, 1.82) is 0 Å². The number of carbonyl (C=O) groups excluding carboxylic acids is 2. The molecule has 2 N–H and O–H groups in total. The summed E-state index contributed by atoms with van der Waals surface area (Å²) in [6.45, 7) is 9.76. The van der Waals surface area contributed by atoms with Gasteiger partial charge in [0.05, 0.1) is 11.7 Å². The van der Waals surface area contributed by atoms with Crippen molar-refractivity contribution in [3.63, 3.8) is 0 Å². The van der Waals surface area contributed by atoms with E-state index in [0.717, 1.165) is 49.4 Å². The summed E-state index contributed by atoms with van der Waals surface area (Å²) >= 11 is 0. The van der Waals surface area contributed by atoms with Crippen LogP contribution in [0.1, 0.15) is 71.3 Å². The molecule has 1 aliphatic carbocycles. The quantitative estimate of drug-likeness (QED) is 0.272. The maximum absolute atomic E-state index is 12.9. The SMILES string of the molecule is CCC1C=CC(N=C(C)CCC(=O)NC(CNC(=O)/C=C/CN2CCCCC2)Cc2ccccc2)=C(C)C1. The third kappa shape index (κ3) is 10.8.